The topological polar surface area (TPSA) is 86.8 Å². The fourth-order valence-electron chi connectivity index (χ4n) is 3.37. The third-order valence-corrected chi connectivity index (χ3v) is 5.31. The number of carbonyl (C=O) groups excluding carboxylic acids is 4. The van der Waals surface area contributed by atoms with Crippen LogP contribution in [0.25, 0.3) is 0 Å². The molecular weight excluding hydrogens is 401 g/mol. The van der Waals surface area contributed by atoms with E-state index in [0.29, 0.717) is 12.1 Å². The number of halogens is 1. The van der Waals surface area contributed by atoms with Crippen LogP contribution in [0.3, 0.4) is 0 Å². The van der Waals surface area contributed by atoms with Crippen molar-refractivity contribution >= 4 is 29.3 Å². The standard InChI is InChI=1S/C23H24FN3O4/c1-4-15(3)22(30)27(25-21(29)17-10-5-6-11-18(17)24)19-13-20(28)26(23(19)31)16-9-7-8-14(2)12-16/h5-12,15,19H,4,13H2,1-3H3,(H,25,29). The Morgan fingerprint density at radius 1 is 1.19 bits per heavy atom. The van der Waals surface area contributed by atoms with Gasteiger partial charge in [0, 0.05) is 5.92 Å². The van der Waals surface area contributed by atoms with E-state index in [1.54, 1.807) is 32.0 Å². The SMILES string of the molecule is CCC(C)C(=O)N(NC(=O)c1ccccc1F)C1CC(=O)N(c2cccc(C)c2)C1=O. The molecule has 1 aliphatic heterocycles. The highest BCUT2D eigenvalue weighted by Gasteiger charge is 2.46. The molecule has 1 fully saturated rings. The number of hydrogen-bond acceptors (Lipinski definition) is 4. The van der Waals surface area contributed by atoms with E-state index >= 15 is 0 Å². The summed E-state index contributed by atoms with van der Waals surface area (Å²) in [6, 6.07) is 11.0. The van der Waals surface area contributed by atoms with E-state index in [4.69, 9.17) is 0 Å². The number of anilines is 1. The second-order valence-corrected chi connectivity index (χ2v) is 7.56. The minimum Gasteiger partial charge on any atom is -0.274 e. The van der Waals surface area contributed by atoms with Gasteiger partial charge in [-0.3, -0.25) is 24.6 Å². The molecule has 1 heterocycles. The van der Waals surface area contributed by atoms with Crippen molar-refractivity contribution in [2.45, 2.75) is 39.7 Å². The molecule has 162 valence electrons. The Balaban J connectivity index is 1.93. The van der Waals surface area contributed by atoms with Gasteiger partial charge in [-0.05, 0) is 43.2 Å². The van der Waals surface area contributed by atoms with Gasteiger partial charge in [0.2, 0.25) is 11.8 Å². The normalized spacial score (nSPS) is 16.9. The van der Waals surface area contributed by atoms with Gasteiger partial charge in [0.1, 0.15) is 11.9 Å². The molecule has 0 aliphatic carbocycles. The minimum absolute atomic E-state index is 0.267. The van der Waals surface area contributed by atoms with Crippen LogP contribution >= 0.6 is 0 Å². The van der Waals surface area contributed by atoms with E-state index in [9.17, 15) is 23.6 Å². The highest BCUT2D eigenvalue weighted by molar-refractivity contribution is 6.23. The smallest absolute Gasteiger partial charge is 0.272 e. The predicted octanol–water partition coefficient (Wildman–Crippen LogP) is 2.99. The van der Waals surface area contributed by atoms with Gasteiger partial charge in [-0.25, -0.2) is 14.3 Å². The summed E-state index contributed by atoms with van der Waals surface area (Å²) in [4.78, 5) is 52.5. The van der Waals surface area contributed by atoms with Gasteiger partial charge in [-0.2, -0.15) is 0 Å². The highest BCUT2D eigenvalue weighted by Crippen LogP contribution is 2.27. The maximum Gasteiger partial charge on any atom is 0.272 e. The molecular formula is C23H24FN3O4. The van der Waals surface area contributed by atoms with Crippen LogP contribution in [-0.2, 0) is 14.4 Å². The molecule has 3 rings (SSSR count). The van der Waals surface area contributed by atoms with Gasteiger partial charge in [0.25, 0.3) is 11.8 Å². The van der Waals surface area contributed by atoms with Crippen LogP contribution in [0.2, 0.25) is 0 Å². The van der Waals surface area contributed by atoms with Gasteiger partial charge in [-0.1, -0.05) is 38.1 Å². The van der Waals surface area contributed by atoms with Crippen LogP contribution in [-0.4, -0.2) is 34.7 Å². The first-order valence-corrected chi connectivity index (χ1v) is 10.1. The molecule has 0 saturated carbocycles. The molecule has 0 radical (unpaired) electrons. The van der Waals surface area contributed by atoms with Crippen molar-refractivity contribution in [1.82, 2.24) is 10.4 Å². The average molecular weight is 425 g/mol. The third-order valence-electron chi connectivity index (χ3n) is 5.31. The lowest BCUT2D eigenvalue weighted by atomic mass is 10.1. The summed E-state index contributed by atoms with van der Waals surface area (Å²) in [6.07, 6.45) is 0.174. The van der Waals surface area contributed by atoms with Gasteiger partial charge >= 0.3 is 0 Å². The molecule has 0 bridgehead atoms. The van der Waals surface area contributed by atoms with Crippen molar-refractivity contribution in [3.05, 3.63) is 65.5 Å². The monoisotopic (exact) mass is 425 g/mol. The Labute approximate surface area is 179 Å². The molecule has 1 N–H and O–H groups in total. The number of rotatable bonds is 5. The van der Waals surface area contributed by atoms with Gasteiger partial charge in [0.05, 0.1) is 17.7 Å². The summed E-state index contributed by atoms with van der Waals surface area (Å²) in [7, 11) is 0. The van der Waals surface area contributed by atoms with Crippen LogP contribution in [0.15, 0.2) is 48.5 Å². The first-order chi connectivity index (χ1) is 14.7. The Kier molecular flexibility index (Phi) is 6.48. The van der Waals surface area contributed by atoms with E-state index in [2.05, 4.69) is 5.43 Å². The van der Waals surface area contributed by atoms with Crippen molar-refractivity contribution in [3.8, 4) is 0 Å². The van der Waals surface area contributed by atoms with Crippen LogP contribution in [0, 0.1) is 18.7 Å². The molecule has 1 saturated heterocycles. The molecule has 31 heavy (non-hydrogen) atoms. The van der Waals surface area contributed by atoms with Crippen LogP contribution < -0.4 is 10.3 Å². The minimum atomic E-state index is -1.22. The summed E-state index contributed by atoms with van der Waals surface area (Å²) in [6.45, 7) is 5.28. The molecule has 1 aliphatic rings. The number of aryl methyl sites for hydroxylation is 1. The second-order valence-electron chi connectivity index (χ2n) is 7.56. The van der Waals surface area contributed by atoms with E-state index in [0.717, 1.165) is 21.5 Å². The van der Waals surface area contributed by atoms with Crippen molar-refractivity contribution in [2.75, 3.05) is 4.90 Å². The van der Waals surface area contributed by atoms with Crippen molar-refractivity contribution < 1.29 is 23.6 Å². The van der Waals surface area contributed by atoms with Crippen LogP contribution in [0.4, 0.5) is 10.1 Å². The summed E-state index contributed by atoms with van der Waals surface area (Å²) < 4.78 is 14.1. The number of hydrazine groups is 1. The Bertz CT molecular complexity index is 1040. The quantitative estimate of drug-likeness (QED) is 0.589. The largest absolute Gasteiger partial charge is 0.274 e. The van der Waals surface area contributed by atoms with E-state index in [1.165, 1.54) is 18.2 Å². The summed E-state index contributed by atoms with van der Waals surface area (Å²) in [5.74, 6) is -3.78. The van der Waals surface area contributed by atoms with Gasteiger partial charge in [0.15, 0.2) is 0 Å². The zero-order valence-corrected chi connectivity index (χ0v) is 17.6. The highest BCUT2D eigenvalue weighted by atomic mass is 19.1. The van der Waals surface area contributed by atoms with Crippen LogP contribution in [0.5, 0.6) is 0 Å². The zero-order chi connectivity index (χ0) is 22.7. The summed E-state index contributed by atoms with van der Waals surface area (Å²) in [5.41, 5.74) is 3.36. The maximum atomic E-state index is 14.1. The number of carbonyl (C=O) groups is 4. The molecule has 0 spiro atoms. The lowest BCUT2D eigenvalue weighted by molar-refractivity contribution is -0.144. The molecule has 2 aromatic carbocycles. The lowest BCUT2D eigenvalue weighted by Gasteiger charge is -2.30. The average Bonchev–Trinajstić information content (AvgIpc) is 3.04. The number of nitrogens with one attached hydrogen (secondary N) is 1. The Morgan fingerprint density at radius 2 is 1.90 bits per heavy atom. The third kappa shape index (κ3) is 4.47. The van der Waals surface area contributed by atoms with E-state index in [-0.39, 0.29) is 12.0 Å². The van der Waals surface area contributed by atoms with E-state index in [1.807, 2.05) is 13.0 Å². The van der Waals surface area contributed by atoms with Crippen LogP contribution in [0.1, 0.15) is 42.6 Å². The maximum absolute atomic E-state index is 14.1. The van der Waals surface area contributed by atoms with Crippen molar-refractivity contribution in [2.24, 2.45) is 5.92 Å². The Morgan fingerprint density at radius 3 is 2.55 bits per heavy atom. The number of nitrogens with zero attached hydrogens (tertiary/aromatic N) is 2. The van der Waals surface area contributed by atoms with E-state index < -0.39 is 41.4 Å². The zero-order valence-electron chi connectivity index (χ0n) is 17.6. The Hall–Kier alpha value is -3.55. The molecule has 7 nitrogen and oxygen atoms in total. The van der Waals surface area contributed by atoms with Crippen molar-refractivity contribution in [3.63, 3.8) is 0 Å². The molecule has 4 amide bonds. The summed E-state index contributed by atoms with van der Waals surface area (Å²) >= 11 is 0. The molecule has 0 aromatic heterocycles. The number of amides is 4. The second kappa shape index (κ2) is 9.07. The van der Waals surface area contributed by atoms with Crippen molar-refractivity contribution in [1.29, 1.82) is 0 Å². The molecule has 2 unspecified atom stereocenters. The fraction of sp³-hybridized carbons (Fsp3) is 0.304. The molecule has 8 heteroatoms. The number of imide groups is 1. The molecule has 2 aromatic rings. The predicted molar refractivity (Wildman–Crippen MR) is 112 cm³/mol. The molecule has 2 atom stereocenters. The summed E-state index contributed by atoms with van der Waals surface area (Å²) in [5, 5.41) is 0.888. The first-order valence-electron chi connectivity index (χ1n) is 10.1. The fourth-order valence-corrected chi connectivity index (χ4v) is 3.37. The van der Waals surface area contributed by atoms with Gasteiger partial charge < -0.3 is 0 Å². The number of benzene rings is 2. The number of hydrogen-bond donors (Lipinski definition) is 1. The first kappa shape index (κ1) is 22.1. The van der Waals surface area contributed by atoms with Gasteiger partial charge in [-0.15, -0.1) is 0 Å². The lowest BCUT2D eigenvalue weighted by Crippen LogP contribution is -2.56.